The van der Waals surface area contributed by atoms with Crippen LogP contribution in [-0.4, -0.2) is 55.9 Å². The smallest absolute Gasteiger partial charge is 0.324 e. The summed E-state index contributed by atoms with van der Waals surface area (Å²) in [5.74, 6) is -0.397. The van der Waals surface area contributed by atoms with Crippen LogP contribution in [-0.2, 0) is 26.1 Å². The number of hydrogen-bond donors (Lipinski definition) is 0. The number of nitrogens with zero attached hydrogens (tertiary/aromatic N) is 2. The van der Waals surface area contributed by atoms with Gasteiger partial charge in [-0.25, -0.2) is 8.42 Å². The van der Waals surface area contributed by atoms with Crippen LogP contribution in [0.1, 0.15) is 12.5 Å². The zero-order valence-corrected chi connectivity index (χ0v) is 20.2. The molecule has 3 aromatic carbocycles. The van der Waals surface area contributed by atoms with Crippen LogP contribution in [0.5, 0.6) is 0 Å². The highest BCUT2D eigenvalue weighted by Gasteiger charge is 2.38. The quantitative estimate of drug-likeness (QED) is 0.462. The summed E-state index contributed by atoms with van der Waals surface area (Å²) in [7, 11) is -3.75. The highest BCUT2D eigenvalue weighted by atomic mass is 79.9. The lowest BCUT2D eigenvalue weighted by Crippen LogP contribution is -2.57. The van der Waals surface area contributed by atoms with Crippen LogP contribution in [0.15, 0.2) is 76.1 Å². The summed E-state index contributed by atoms with van der Waals surface area (Å²) >= 11 is 3.44. The minimum absolute atomic E-state index is 0.0619. The third kappa shape index (κ3) is 4.88. The normalized spacial score (nSPS) is 18.0. The molecule has 1 fully saturated rings. The van der Waals surface area contributed by atoms with Crippen LogP contribution < -0.4 is 0 Å². The second kappa shape index (κ2) is 9.70. The minimum Gasteiger partial charge on any atom is -0.465 e. The van der Waals surface area contributed by atoms with Crippen LogP contribution in [0.3, 0.4) is 0 Å². The average molecular weight is 517 g/mol. The number of sulfonamides is 1. The predicted octanol–water partition coefficient (Wildman–Crippen LogP) is 4.04. The predicted molar refractivity (Wildman–Crippen MR) is 128 cm³/mol. The zero-order valence-electron chi connectivity index (χ0n) is 17.8. The number of esters is 1. The molecule has 1 atom stereocenters. The number of halogens is 1. The Morgan fingerprint density at radius 3 is 2.50 bits per heavy atom. The maximum atomic E-state index is 13.4. The van der Waals surface area contributed by atoms with Crippen molar-refractivity contribution in [3.8, 4) is 0 Å². The Labute approximate surface area is 197 Å². The molecule has 168 valence electrons. The number of carbonyl (C=O) groups excluding carboxylic acids is 1. The Bertz CT molecular complexity index is 1220. The van der Waals surface area contributed by atoms with Crippen LogP contribution in [0, 0.1) is 0 Å². The third-order valence-corrected chi connectivity index (χ3v) is 8.01. The van der Waals surface area contributed by atoms with Gasteiger partial charge in [-0.05, 0) is 47.5 Å². The van der Waals surface area contributed by atoms with E-state index in [1.165, 1.54) is 4.31 Å². The fourth-order valence-electron chi connectivity index (χ4n) is 3.99. The lowest BCUT2D eigenvalue weighted by molar-refractivity contribution is -0.151. The maximum absolute atomic E-state index is 13.4. The molecule has 1 aliphatic rings. The molecule has 4 rings (SSSR count). The van der Waals surface area contributed by atoms with Crippen LogP contribution in [0.25, 0.3) is 10.8 Å². The molecule has 1 heterocycles. The van der Waals surface area contributed by atoms with Crippen molar-refractivity contribution in [1.82, 2.24) is 9.21 Å². The summed E-state index contributed by atoms with van der Waals surface area (Å²) in [6.07, 6.45) is 0. The molecule has 8 heteroatoms. The molecule has 1 unspecified atom stereocenters. The minimum atomic E-state index is -3.75. The Hall–Kier alpha value is -2.26. The Morgan fingerprint density at radius 1 is 1.03 bits per heavy atom. The van der Waals surface area contributed by atoms with Crippen molar-refractivity contribution in [1.29, 1.82) is 0 Å². The van der Waals surface area contributed by atoms with Crippen molar-refractivity contribution in [2.24, 2.45) is 0 Å². The van der Waals surface area contributed by atoms with E-state index in [1.54, 1.807) is 19.1 Å². The molecule has 0 aromatic heterocycles. The Balaban J connectivity index is 1.59. The van der Waals surface area contributed by atoms with Crippen molar-refractivity contribution < 1.29 is 17.9 Å². The van der Waals surface area contributed by atoms with Crippen molar-refractivity contribution >= 4 is 42.7 Å². The summed E-state index contributed by atoms with van der Waals surface area (Å²) in [6, 6.07) is 20.0. The first-order chi connectivity index (χ1) is 15.4. The fourth-order valence-corrected chi connectivity index (χ4v) is 5.84. The molecule has 32 heavy (non-hydrogen) atoms. The number of rotatable bonds is 6. The van der Waals surface area contributed by atoms with Crippen molar-refractivity contribution in [3.63, 3.8) is 0 Å². The van der Waals surface area contributed by atoms with Gasteiger partial charge in [0, 0.05) is 30.7 Å². The molecule has 0 bridgehead atoms. The van der Waals surface area contributed by atoms with Crippen molar-refractivity contribution in [3.05, 3.63) is 76.8 Å². The van der Waals surface area contributed by atoms with E-state index in [0.29, 0.717) is 19.6 Å². The fraction of sp³-hybridized carbons (Fsp3) is 0.292. The number of hydrogen-bond acceptors (Lipinski definition) is 5. The van der Waals surface area contributed by atoms with E-state index in [0.717, 1.165) is 20.8 Å². The number of carbonyl (C=O) groups is 1. The first-order valence-electron chi connectivity index (χ1n) is 10.5. The first-order valence-corrected chi connectivity index (χ1v) is 12.8. The van der Waals surface area contributed by atoms with Gasteiger partial charge in [0.2, 0.25) is 10.0 Å². The van der Waals surface area contributed by atoms with E-state index in [2.05, 4.69) is 15.9 Å². The van der Waals surface area contributed by atoms with Gasteiger partial charge in [-0.2, -0.15) is 4.31 Å². The van der Waals surface area contributed by atoms with Gasteiger partial charge >= 0.3 is 5.97 Å². The maximum Gasteiger partial charge on any atom is 0.324 e. The molecule has 6 nitrogen and oxygen atoms in total. The Kier molecular flexibility index (Phi) is 6.95. The van der Waals surface area contributed by atoms with Crippen LogP contribution >= 0.6 is 15.9 Å². The van der Waals surface area contributed by atoms with Gasteiger partial charge in [0.05, 0.1) is 11.5 Å². The number of piperazine rings is 1. The lowest BCUT2D eigenvalue weighted by Gasteiger charge is -2.39. The molecular weight excluding hydrogens is 492 g/mol. The monoisotopic (exact) mass is 516 g/mol. The number of fused-ring (bicyclic) bond motifs is 1. The second-order valence-corrected chi connectivity index (χ2v) is 10.6. The Morgan fingerprint density at radius 2 is 1.75 bits per heavy atom. The van der Waals surface area contributed by atoms with Crippen LogP contribution in [0.4, 0.5) is 0 Å². The average Bonchev–Trinajstić information content (AvgIpc) is 2.79. The topological polar surface area (TPSA) is 66.9 Å². The second-order valence-electron chi connectivity index (χ2n) is 7.74. The molecule has 1 aliphatic heterocycles. The molecule has 0 saturated carbocycles. The molecule has 1 saturated heterocycles. The van der Waals surface area contributed by atoms with E-state index in [4.69, 9.17) is 4.74 Å². The largest absolute Gasteiger partial charge is 0.465 e. The van der Waals surface area contributed by atoms with Crippen molar-refractivity contribution in [2.75, 3.05) is 26.2 Å². The molecule has 0 aliphatic carbocycles. The first kappa shape index (κ1) is 22.9. The van der Waals surface area contributed by atoms with Gasteiger partial charge in [0.1, 0.15) is 6.04 Å². The number of ether oxygens (including phenoxy) is 1. The molecule has 0 N–H and O–H groups in total. The van der Waals surface area contributed by atoms with E-state index in [9.17, 15) is 13.2 Å². The molecule has 0 amide bonds. The summed E-state index contributed by atoms with van der Waals surface area (Å²) in [4.78, 5) is 15.0. The van der Waals surface area contributed by atoms with E-state index in [1.807, 2.05) is 59.5 Å². The summed E-state index contributed by atoms with van der Waals surface area (Å²) in [6.45, 7) is 3.38. The van der Waals surface area contributed by atoms with Gasteiger partial charge in [-0.3, -0.25) is 9.69 Å². The molecular formula is C24H25BrN2O4S. The SMILES string of the molecule is CCOC(=O)C1CN(S(=O)(=O)c2ccc3cc(Br)ccc3c2)CCN1Cc1ccccc1. The van der Waals surface area contributed by atoms with Gasteiger partial charge in [0.15, 0.2) is 0 Å². The highest BCUT2D eigenvalue weighted by Crippen LogP contribution is 2.26. The molecule has 3 aromatic rings. The summed E-state index contributed by atoms with van der Waals surface area (Å²) < 4.78 is 34.5. The molecule has 0 spiro atoms. The van der Waals surface area contributed by atoms with E-state index >= 15 is 0 Å². The van der Waals surface area contributed by atoms with Gasteiger partial charge in [0.25, 0.3) is 0 Å². The number of benzene rings is 3. The standard InChI is InChI=1S/C24H25BrN2O4S/c1-2-31-24(28)23-17-27(13-12-26(23)16-18-6-4-3-5-7-18)32(29,30)22-11-9-19-14-21(25)10-8-20(19)15-22/h3-11,14-15,23H,2,12-13,16-17H2,1H3. The summed E-state index contributed by atoms with van der Waals surface area (Å²) in [5.41, 5.74) is 1.07. The van der Waals surface area contributed by atoms with Gasteiger partial charge in [-0.15, -0.1) is 0 Å². The van der Waals surface area contributed by atoms with E-state index < -0.39 is 22.0 Å². The van der Waals surface area contributed by atoms with E-state index in [-0.39, 0.29) is 18.0 Å². The highest BCUT2D eigenvalue weighted by molar-refractivity contribution is 9.10. The summed E-state index contributed by atoms with van der Waals surface area (Å²) in [5, 5.41) is 1.80. The van der Waals surface area contributed by atoms with Gasteiger partial charge < -0.3 is 4.74 Å². The zero-order chi connectivity index (χ0) is 22.7. The lowest BCUT2D eigenvalue weighted by atomic mass is 10.1. The van der Waals surface area contributed by atoms with Crippen molar-refractivity contribution in [2.45, 2.75) is 24.4 Å². The van der Waals surface area contributed by atoms with Crippen LogP contribution in [0.2, 0.25) is 0 Å². The van der Waals surface area contributed by atoms with Gasteiger partial charge in [-0.1, -0.05) is 58.4 Å². The third-order valence-electron chi connectivity index (χ3n) is 5.65. The molecule has 0 radical (unpaired) electrons.